The van der Waals surface area contributed by atoms with Gasteiger partial charge in [-0.05, 0) is 39.8 Å². The Hall–Kier alpha value is -1.61. The third-order valence-electron chi connectivity index (χ3n) is 3.47. The molecule has 158 valence electrons. The Bertz CT molecular complexity index is 650. The number of Topliss-reactive ketones (excluding diaryl/α,β-unsaturated/α-hetero) is 1. The van der Waals surface area contributed by atoms with Crippen LogP contribution < -0.4 is 0 Å². The van der Waals surface area contributed by atoms with E-state index in [1.807, 2.05) is 19.1 Å². The molecule has 0 aliphatic rings. The highest BCUT2D eigenvalue weighted by Gasteiger charge is 2.27. The number of hydrogen-bond donors (Lipinski definition) is 0. The topological polar surface area (TPSA) is 88.1 Å². The zero-order valence-corrected chi connectivity index (χ0v) is 18.0. The Kier molecular flexibility index (Phi) is 10.5. The van der Waals surface area contributed by atoms with Crippen LogP contribution in [0, 0.1) is 6.92 Å². The van der Waals surface area contributed by atoms with Crippen LogP contribution in [0.15, 0.2) is 29.2 Å². The van der Waals surface area contributed by atoms with E-state index in [1.165, 1.54) is 0 Å². The van der Waals surface area contributed by atoms with Crippen molar-refractivity contribution in [2.45, 2.75) is 50.7 Å². The number of carbonyl (C=O) groups is 2. The lowest BCUT2D eigenvalue weighted by Crippen LogP contribution is -2.34. The van der Waals surface area contributed by atoms with Gasteiger partial charge in [-0.3, -0.25) is 13.8 Å². The lowest BCUT2D eigenvalue weighted by Gasteiger charge is -2.22. The van der Waals surface area contributed by atoms with Crippen LogP contribution in [-0.4, -0.2) is 60.5 Å². The van der Waals surface area contributed by atoms with Crippen molar-refractivity contribution in [2.75, 3.05) is 32.9 Å². The number of methoxy groups -OCH3 is 1. The van der Waals surface area contributed by atoms with E-state index < -0.39 is 34.3 Å². The number of rotatable bonds is 12. The normalized spacial score (nSPS) is 13.8. The average molecular weight is 415 g/mol. The first kappa shape index (κ1) is 24.4. The summed E-state index contributed by atoms with van der Waals surface area (Å²) in [6.45, 7) is 7.63. The van der Waals surface area contributed by atoms with E-state index in [0.717, 1.165) is 5.56 Å². The van der Waals surface area contributed by atoms with Crippen LogP contribution in [0.25, 0.3) is 0 Å². The van der Waals surface area contributed by atoms with E-state index in [9.17, 15) is 13.8 Å². The Morgan fingerprint density at radius 1 is 1.11 bits per heavy atom. The zero-order valence-electron chi connectivity index (χ0n) is 17.2. The van der Waals surface area contributed by atoms with Gasteiger partial charge in [0.25, 0.3) is 0 Å². The summed E-state index contributed by atoms with van der Waals surface area (Å²) in [7, 11) is 0.0121. The molecule has 0 saturated heterocycles. The van der Waals surface area contributed by atoms with E-state index in [-0.39, 0.29) is 19.0 Å². The fourth-order valence-corrected chi connectivity index (χ4v) is 3.18. The summed E-state index contributed by atoms with van der Waals surface area (Å²) in [5, 5.41) is 0. The van der Waals surface area contributed by atoms with Crippen LogP contribution in [0.5, 0.6) is 0 Å². The molecule has 1 rings (SSSR count). The summed E-state index contributed by atoms with van der Waals surface area (Å²) in [6, 6.07) is 7.10. The Morgan fingerprint density at radius 3 is 2.32 bits per heavy atom. The Balaban J connectivity index is 2.71. The molecule has 7 nitrogen and oxygen atoms in total. The first-order valence-corrected chi connectivity index (χ1v) is 10.3. The molecule has 0 aliphatic heterocycles. The third-order valence-corrected chi connectivity index (χ3v) is 4.82. The summed E-state index contributed by atoms with van der Waals surface area (Å²) >= 11 is 0. The van der Waals surface area contributed by atoms with Crippen molar-refractivity contribution in [1.29, 1.82) is 0 Å². The molecule has 0 fully saturated rings. The molecule has 28 heavy (non-hydrogen) atoms. The van der Waals surface area contributed by atoms with Gasteiger partial charge in [0.2, 0.25) is 0 Å². The highest BCUT2D eigenvalue weighted by Crippen LogP contribution is 2.14. The van der Waals surface area contributed by atoms with E-state index >= 15 is 0 Å². The van der Waals surface area contributed by atoms with Gasteiger partial charge in [0.05, 0.1) is 36.2 Å². The van der Waals surface area contributed by atoms with Crippen molar-refractivity contribution in [2.24, 2.45) is 0 Å². The lowest BCUT2D eigenvalue weighted by atomic mass is 10.1. The molecule has 1 aromatic rings. The number of benzene rings is 1. The molecule has 1 unspecified atom stereocenters. The molecule has 0 saturated carbocycles. The van der Waals surface area contributed by atoms with Crippen LogP contribution in [0.1, 0.15) is 32.8 Å². The molecule has 8 heteroatoms. The zero-order chi connectivity index (χ0) is 21.2. The van der Waals surface area contributed by atoms with Gasteiger partial charge in [0, 0.05) is 12.0 Å². The number of ketones is 1. The van der Waals surface area contributed by atoms with Crippen molar-refractivity contribution < 1.29 is 32.7 Å². The van der Waals surface area contributed by atoms with Crippen LogP contribution in [0.4, 0.5) is 0 Å². The minimum atomic E-state index is -1.53. The van der Waals surface area contributed by atoms with Crippen LogP contribution in [-0.2, 0) is 39.3 Å². The predicted octanol–water partition coefficient (Wildman–Crippen LogP) is 2.41. The smallest absolute Gasteiger partial charge is 0.309 e. The second-order valence-corrected chi connectivity index (χ2v) is 8.69. The van der Waals surface area contributed by atoms with Crippen LogP contribution in [0.3, 0.4) is 0 Å². The van der Waals surface area contributed by atoms with E-state index in [1.54, 1.807) is 40.0 Å². The van der Waals surface area contributed by atoms with Crippen molar-refractivity contribution >= 4 is 22.6 Å². The molecule has 2 atom stereocenters. The van der Waals surface area contributed by atoms with E-state index in [4.69, 9.17) is 18.9 Å². The highest BCUT2D eigenvalue weighted by molar-refractivity contribution is 7.85. The third kappa shape index (κ3) is 10.1. The first-order valence-electron chi connectivity index (χ1n) is 9.00. The lowest BCUT2D eigenvalue weighted by molar-refractivity contribution is -0.165. The predicted molar refractivity (Wildman–Crippen MR) is 105 cm³/mol. The van der Waals surface area contributed by atoms with Crippen molar-refractivity contribution in [3.05, 3.63) is 29.8 Å². The SMILES string of the molecule is COCCOCO[C@@H](CC(=O)OC(C)(C)C)C(=O)CS(=O)c1ccc(C)cc1. The first-order chi connectivity index (χ1) is 13.1. The van der Waals surface area contributed by atoms with Crippen LogP contribution >= 0.6 is 0 Å². The Morgan fingerprint density at radius 2 is 1.75 bits per heavy atom. The largest absolute Gasteiger partial charge is 0.460 e. The second kappa shape index (κ2) is 12.1. The van der Waals surface area contributed by atoms with Gasteiger partial charge in [0.1, 0.15) is 18.5 Å². The molecule has 0 spiro atoms. The van der Waals surface area contributed by atoms with Gasteiger partial charge in [-0.1, -0.05) is 17.7 Å². The molecule has 1 aromatic carbocycles. The summed E-state index contributed by atoms with van der Waals surface area (Å²) in [6.07, 6.45) is -1.36. The molecular weight excluding hydrogens is 384 g/mol. The second-order valence-electron chi connectivity index (χ2n) is 7.23. The maximum absolute atomic E-state index is 12.6. The number of aryl methyl sites for hydroxylation is 1. The number of ether oxygens (including phenoxy) is 4. The van der Waals surface area contributed by atoms with Crippen molar-refractivity contribution in [3.8, 4) is 0 Å². The molecule has 0 heterocycles. The number of esters is 1. The molecular formula is C20H30O7S. The fraction of sp³-hybridized carbons (Fsp3) is 0.600. The van der Waals surface area contributed by atoms with Crippen molar-refractivity contribution in [3.63, 3.8) is 0 Å². The van der Waals surface area contributed by atoms with Gasteiger partial charge in [0.15, 0.2) is 5.78 Å². The standard InChI is InChI=1S/C20H30O7S/c1-15-6-8-16(9-7-15)28(23)13-17(21)18(26-14-25-11-10-24-5)12-19(22)27-20(2,3)4/h6-9,18H,10-14H2,1-5H3/t18-,28?/m0/s1. The molecule has 0 N–H and O–H groups in total. The van der Waals surface area contributed by atoms with Crippen LogP contribution in [0.2, 0.25) is 0 Å². The van der Waals surface area contributed by atoms with Gasteiger partial charge >= 0.3 is 5.97 Å². The summed E-state index contributed by atoms with van der Waals surface area (Å²) < 4.78 is 33.2. The highest BCUT2D eigenvalue weighted by atomic mass is 32.2. The monoisotopic (exact) mass is 414 g/mol. The van der Waals surface area contributed by atoms with Gasteiger partial charge in [-0.2, -0.15) is 0 Å². The average Bonchev–Trinajstić information content (AvgIpc) is 2.59. The molecule has 0 radical (unpaired) electrons. The summed E-state index contributed by atoms with van der Waals surface area (Å²) in [5.41, 5.74) is 0.357. The van der Waals surface area contributed by atoms with Crippen molar-refractivity contribution in [1.82, 2.24) is 0 Å². The molecule has 0 amide bonds. The quantitative estimate of drug-likeness (QED) is 0.295. The molecule has 0 aromatic heterocycles. The maximum Gasteiger partial charge on any atom is 0.309 e. The summed E-state index contributed by atoms with van der Waals surface area (Å²) in [4.78, 5) is 25.3. The molecule has 0 bridgehead atoms. The Labute approximate surface area is 169 Å². The fourth-order valence-electron chi connectivity index (χ4n) is 2.13. The maximum atomic E-state index is 12.6. The molecule has 0 aliphatic carbocycles. The minimum Gasteiger partial charge on any atom is -0.460 e. The summed E-state index contributed by atoms with van der Waals surface area (Å²) in [5.74, 6) is -1.27. The number of hydrogen-bond acceptors (Lipinski definition) is 7. The minimum absolute atomic E-state index is 0.181. The van der Waals surface area contributed by atoms with E-state index in [0.29, 0.717) is 18.1 Å². The number of carbonyl (C=O) groups excluding carboxylic acids is 2. The van der Waals surface area contributed by atoms with E-state index in [2.05, 4.69) is 0 Å². The van der Waals surface area contributed by atoms with Gasteiger partial charge < -0.3 is 18.9 Å². The van der Waals surface area contributed by atoms with Gasteiger partial charge in [-0.25, -0.2) is 0 Å². The van der Waals surface area contributed by atoms with Gasteiger partial charge in [-0.15, -0.1) is 0 Å².